The van der Waals surface area contributed by atoms with Crippen LogP contribution >= 0.6 is 12.4 Å². The summed E-state index contributed by atoms with van der Waals surface area (Å²) in [7, 11) is 5.65. The highest BCUT2D eigenvalue weighted by Crippen LogP contribution is 2.41. The largest absolute Gasteiger partial charge is 0.481 e. The van der Waals surface area contributed by atoms with Crippen molar-refractivity contribution in [2.24, 2.45) is 33.0 Å². The van der Waals surface area contributed by atoms with Gasteiger partial charge in [-0.2, -0.15) is 15.3 Å². The van der Waals surface area contributed by atoms with Crippen molar-refractivity contribution < 1.29 is 43.4 Å². The average Bonchev–Trinajstić information content (AvgIpc) is 1.69. The van der Waals surface area contributed by atoms with E-state index >= 15 is 0 Å². The number of nitrogens with one attached hydrogen (secondary N) is 4. The standard InChI is InChI=1S/C36H46N6O4.C31H38N6O2.C22H22N4O3.ClH/c1-24-20-27(34(44)42-23-28-21-37-39(5)33(28)38-30-8-6-7-9-31(30)42)11-10-26(24)12-15-32(43)41(29-13-14-29)22-25-16-18-40(19-17-25)35(45)46-36(2,3)4;1-21-17-24(31(39)37-20-25-18-33-35(2)30(25)34-27-5-3-4-6-28(27)37)8-7-23(21)9-12-29(38)36(26-10-11-26)19-22-13-15-32-16-14-22;1-14-11-16(8-7-15(14)9-10-20(27)28)22(29)26-13-17-12-23-25(2)21(17)24-18-5-3-4-6-19(18)26;/h6-11,20-21,25,29,38H,12-19,22-23H2,1-5H3;3-8,17-18,22,26,32,34H,9-16,19-20H2,1-2H3;3-8,11-12,24H,9-10,13H2,1-2H3,(H,27,28);1H. The van der Waals surface area contributed by atoms with E-state index in [1.807, 2.05) is 195 Å². The van der Waals surface area contributed by atoms with Gasteiger partial charge in [0.15, 0.2) is 0 Å². The number of hydrogen-bond acceptors (Lipinski definition) is 15. The molecule has 9 aromatic rings. The molecule has 115 heavy (non-hydrogen) atoms. The number of likely N-dealkylation sites (tertiary alicyclic amines) is 1. The van der Waals surface area contributed by atoms with E-state index in [-0.39, 0.29) is 54.5 Å². The summed E-state index contributed by atoms with van der Waals surface area (Å²) < 4.78 is 10.9. The van der Waals surface area contributed by atoms with Gasteiger partial charge in [0.05, 0.1) is 72.3 Å². The van der Waals surface area contributed by atoms with Crippen LogP contribution in [0.2, 0.25) is 0 Å². The first-order valence-electron chi connectivity index (χ1n) is 40.2. The summed E-state index contributed by atoms with van der Waals surface area (Å²) in [6, 6.07) is 41.4. The number of para-hydroxylation sites is 6. The number of carbonyl (C=O) groups is 7. The van der Waals surface area contributed by atoms with Crippen molar-refractivity contribution in [2.45, 2.75) is 169 Å². The third-order valence-electron chi connectivity index (χ3n) is 23.0. The Morgan fingerprint density at radius 3 is 1.14 bits per heavy atom. The van der Waals surface area contributed by atoms with Gasteiger partial charge in [0.25, 0.3) is 17.7 Å². The molecule has 0 bridgehead atoms. The molecule has 3 aromatic heterocycles. The molecular formula is C89H107ClN16O9. The molecule has 25 nitrogen and oxygen atoms in total. The number of carbonyl (C=O) groups excluding carboxylic acids is 6. The van der Waals surface area contributed by atoms with Crippen molar-refractivity contribution >= 4 is 106 Å². The summed E-state index contributed by atoms with van der Waals surface area (Å²) in [5, 5.41) is 35.7. The minimum absolute atomic E-state index is 0. The van der Waals surface area contributed by atoms with Crippen LogP contribution in [0.1, 0.15) is 173 Å². The molecule has 26 heteroatoms. The first kappa shape index (κ1) is 81.7. The number of aliphatic carboxylic acids is 1. The molecule has 4 fully saturated rings. The molecule has 2 saturated carbocycles. The number of fused-ring (bicyclic) bond motifs is 6. The van der Waals surface area contributed by atoms with Crippen molar-refractivity contribution in [2.75, 3.05) is 69.9 Å². The molecule has 6 amide bonds. The number of piperidine rings is 2. The smallest absolute Gasteiger partial charge is 0.410 e. The number of amides is 6. The van der Waals surface area contributed by atoms with E-state index in [1.54, 1.807) is 47.2 Å². The molecule has 6 aromatic carbocycles. The predicted octanol–water partition coefficient (Wildman–Crippen LogP) is 14.8. The van der Waals surface area contributed by atoms with Crippen LogP contribution < -0.4 is 36.0 Å². The van der Waals surface area contributed by atoms with Gasteiger partial charge in [-0.1, -0.05) is 54.6 Å². The molecule has 2 aliphatic carbocycles. The van der Waals surface area contributed by atoms with Crippen LogP contribution in [-0.2, 0) is 79.2 Å². The number of ether oxygens (including phenoxy) is 1. The Morgan fingerprint density at radius 1 is 0.470 bits per heavy atom. The first-order valence-corrected chi connectivity index (χ1v) is 40.2. The normalized spacial score (nSPS) is 15.6. The fourth-order valence-corrected chi connectivity index (χ4v) is 16.2. The van der Waals surface area contributed by atoms with Crippen LogP contribution in [0, 0.1) is 32.6 Å². The molecule has 0 spiro atoms. The van der Waals surface area contributed by atoms with Gasteiger partial charge in [0, 0.05) is 112 Å². The number of aryl methyl sites for hydroxylation is 9. The number of nitrogens with zero attached hydrogens (tertiary/aromatic N) is 12. The SMILES string of the molecule is Cc1cc(C(=O)N2Cc3cnn(C)c3Nc3ccccc32)ccc1CCC(=O)N(CC1CCN(C(=O)OC(C)(C)C)CC1)C1CC1.Cc1cc(C(=O)N2Cc3cnn(C)c3Nc3ccccc32)ccc1CCC(=O)N(CC1CCNCC1)C1CC1.Cc1cc(C(=O)N2Cc3cnn(C)c3Nc3ccccc32)ccc1CCC(=O)O.Cl. The molecule has 5 aliphatic heterocycles. The van der Waals surface area contributed by atoms with Crippen molar-refractivity contribution in [1.29, 1.82) is 0 Å². The first-order chi connectivity index (χ1) is 54.9. The number of carboxylic acids is 1. The van der Waals surface area contributed by atoms with Gasteiger partial charge in [-0.05, 0) is 243 Å². The van der Waals surface area contributed by atoms with Crippen molar-refractivity contribution in [3.8, 4) is 0 Å². The number of aromatic nitrogens is 6. The molecular weight excluding hydrogens is 1470 g/mol. The lowest BCUT2D eigenvalue weighted by Crippen LogP contribution is -2.45. The fraction of sp³-hybridized carbons (Fsp3) is 0.416. The van der Waals surface area contributed by atoms with Gasteiger partial charge in [-0.25, -0.2) is 4.79 Å². The van der Waals surface area contributed by atoms with E-state index in [1.165, 1.54) is 0 Å². The zero-order chi connectivity index (χ0) is 80.1. The van der Waals surface area contributed by atoms with Gasteiger partial charge in [-0.15, -0.1) is 12.4 Å². The summed E-state index contributed by atoms with van der Waals surface area (Å²) in [6.07, 6.45) is 16.4. The van der Waals surface area contributed by atoms with E-state index in [2.05, 4.69) is 46.4 Å². The van der Waals surface area contributed by atoms with Crippen molar-refractivity contribution in [3.63, 3.8) is 0 Å². The number of carboxylic acid groups (broad SMARTS) is 1. The zero-order valence-corrected chi connectivity index (χ0v) is 68.2. The molecule has 16 rings (SSSR count). The van der Waals surface area contributed by atoms with Gasteiger partial charge < -0.3 is 60.5 Å². The Labute approximate surface area is 679 Å². The molecule has 8 heterocycles. The molecule has 0 atom stereocenters. The number of benzene rings is 6. The topological polar surface area (TPSA) is 270 Å². The summed E-state index contributed by atoms with van der Waals surface area (Å²) in [5.41, 5.74) is 15.4. The minimum Gasteiger partial charge on any atom is -0.481 e. The maximum absolute atomic E-state index is 13.9. The molecule has 0 radical (unpaired) electrons. The Hall–Kier alpha value is -11.3. The Morgan fingerprint density at radius 2 is 0.809 bits per heavy atom. The number of anilines is 9. The number of hydrogen-bond donors (Lipinski definition) is 5. The third-order valence-corrected chi connectivity index (χ3v) is 23.0. The Bertz CT molecular complexity index is 5080. The van der Waals surface area contributed by atoms with Crippen molar-refractivity contribution in [1.82, 2.24) is 49.4 Å². The van der Waals surface area contributed by atoms with E-state index < -0.39 is 11.6 Å². The highest BCUT2D eigenvalue weighted by molar-refractivity contribution is 6.10. The van der Waals surface area contributed by atoms with Gasteiger partial charge in [0.2, 0.25) is 11.8 Å². The second kappa shape index (κ2) is 35.6. The maximum atomic E-state index is 13.9. The molecule has 5 N–H and O–H groups in total. The minimum atomic E-state index is -0.828. The van der Waals surface area contributed by atoms with Crippen LogP contribution in [0.5, 0.6) is 0 Å². The van der Waals surface area contributed by atoms with E-state index in [9.17, 15) is 33.6 Å². The van der Waals surface area contributed by atoms with Crippen LogP contribution in [0.15, 0.2) is 146 Å². The number of halogens is 1. The predicted molar refractivity (Wildman–Crippen MR) is 449 cm³/mol. The van der Waals surface area contributed by atoms with Crippen LogP contribution in [0.4, 0.5) is 56.4 Å². The van der Waals surface area contributed by atoms with E-state index in [4.69, 9.17) is 9.84 Å². The summed E-state index contributed by atoms with van der Waals surface area (Å²) >= 11 is 0. The second-order valence-corrected chi connectivity index (χ2v) is 32.5. The molecule has 604 valence electrons. The third kappa shape index (κ3) is 19.4. The van der Waals surface area contributed by atoms with E-state index in [0.29, 0.717) is 105 Å². The van der Waals surface area contributed by atoms with Crippen LogP contribution in [0.25, 0.3) is 0 Å². The molecule has 0 unspecified atom stereocenters. The Balaban J connectivity index is 0.000000153. The summed E-state index contributed by atoms with van der Waals surface area (Å²) in [6.45, 7) is 18.0. The quantitative estimate of drug-likeness (QED) is 0.0534. The molecule has 7 aliphatic rings. The second-order valence-electron chi connectivity index (χ2n) is 32.5. The highest BCUT2D eigenvalue weighted by atomic mass is 35.5. The summed E-state index contributed by atoms with van der Waals surface area (Å²) in [4.78, 5) is 103. The van der Waals surface area contributed by atoms with Gasteiger partial charge >= 0.3 is 12.1 Å². The van der Waals surface area contributed by atoms with Crippen LogP contribution in [0.3, 0.4) is 0 Å². The zero-order valence-electron chi connectivity index (χ0n) is 67.4. The maximum Gasteiger partial charge on any atom is 0.410 e. The average molecular weight is 1580 g/mol. The lowest BCUT2D eigenvalue weighted by molar-refractivity contribution is -0.137. The lowest BCUT2D eigenvalue weighted by Gasteiger charge is -2.35. The lowest BCUT2D eigenvalue weighted by atomic mass is 9.95. The molecule has 2 saturated heterocycles. The number of rotatable bonds is 18. The summed E-state index contributed by atoms with van der Waals surface area (Å²) in [5.74, 6) is 3.06. The van der Waals surface area contributed by atoms with Gasteiger partial charge in [0.1, 0.15) is 23.1 Å². The van der Waals surface area contributed by atoms with Crippen molar-refractivity contribution in [3.05, 3.63) is 213 Å². The van der Waals surface area contributed by atoms with Crippen LogP contribution in [-0.4, -0.2) is 148 Å². The van der Waals surface area contributed by atoms with E-state index in [0.717, 1.165) is 179 Å². The fourth-order valence-electron chi connectivity index (χ4n) is 16.2. The van der Waals surface area contributed by atoms with Gasteiger partial charge in [-0.3, -0.25) is 42.8 Å². The Kier molecular flexibility index (Phi) is 25.3. The monoisotopic (exact) mass is 1580 g/mol. The highest BCUT2D eigenvalue weighted by Gasteiger charge is 2.38.